The standard InChI is InChI=1S/C26H25ClN2O7/c1-16-11-20(9-10-21(16)27)35-15-24(30)29-28-14-17-5-7-19(8-6-17)36-26(31)18-12-22(32-2)25(34-4)23(13-18)33-3/h5-14H,15H2,1-4H3,(H,29,30)/b28-14+. The minimum absolute atomic E-state index is 0.200. The molecule has 0 saturated carbocycles. The van der Waals surface area contributed by atoms with Crippen LogP contribution in [0.3, 0.4) is 0 Å². The van der Waals surface area contributed by atoms with Gasteiger partial charge in [-0.05, 0) is 72.6 Å². The van der Waals surface area contributed by atoms with Gasteiger partial charge in [0.2, 0.25) is 5.75 Å². The molecule has 1 amide bonds. The summed E-state index contributed by atoms with van der Waals surface area (Å²) in [5.41, 5.74) is 4.15. The SMILES string of the molecule is COc1cc(C(=O)Oc2ccc(/C=N/NC(=O)COc3ccc(Cl)c(C)c3)cc2)cc(OC)c1OC. The van der Waals surface area contributed by atoms with Gasteiger partial charge in [-0.25, -0.2) is 10.2 Å². The Morgan fingerprint density at radius 2 is 1.56 bits per heavy atom. The van der Waals surface area contributed by atoms with Gasteiger partial charge in [0.05, 0.1) is 33.1 Å². The molecule has 10 heteroatoms. The number of carbonyl (C=O) groups excluding carboxylic acids is 2. The monoisotopic (exact) mass is 512 g/mol. The van der Waals surface area contributed by atoms with E-state index in [9.17, 15) is 9.59 Å². The van der Waals surface area contributed by atoms with Gasteiger partial charge in [0.25, 0.3) is 5.91 Å². The number of halogens is 1. The van der Waals surface area contributed by atoms with Crippen molar-refractivity contribution in [3.8, 4) is 28.7 Å². The number of hydrazone groups is 1. The zero-order chi connectivity index (χ0) is 26.1. The van der Waals surface area contributed by atoms with Gasteiger partial charge in [0.15, 0.2) is 18.1 Å². The Hall–Kier alpha value is -4.24. The first-order chi connectivity index (χ1) is 17.3. The van der Waals surface area contributed by atoms with E-state index in [-0.39, 0.29) is 12.2 Å². The van der Waals surface area contributed by atoms with Crippen molar-refractivity contribution in [2.24, 2.45) is 5.10 Å². The van der Waals surface area contributed by atoms with E-state index < -0.39 is 11.9 Å². The highest BCUT2D eigenvalue weighted by atomic mass is 35.5. The molecule has 0 unspecified atom stereocenters. The van der Waals surface area contributed by atoms with Gasteiger partial charge in [-0.15, -0.1) is 0 Å². The molecule has 36 heavy (non-hydrogen) atoms. The van der Waals surface area contributed by atoms with Crippen LogP contribution in [-0.4, -0.2) is 46.0 Å². The Balaban J connectivity index is 1.54. The quantitative estimate of drug-likeness (QED) is 0.185. The highest BCUT2D eigenvalue weighted by molar-refractivity contribution is 6.31. The van der Waals surface area contributed by atoms with E-state index in [1.807, 2.05) is 6.92 Å². The van der Waals surface area contributed by atoms with E-state index in [4.69, 9.17) is 35.3 Å². The number of hydrogen-bond donors (Lipinski definition) is 1. The van der Waals surface area contributed by atoms with Gasteiger partial charge in [-0.3, -0.25) is 4.79 Å². The van der Waals surface area contributed by atoms with Crippen molar-refractivity contribution in [2.75, 3.05) is 27.9 Å². The van der Waals surface area contributed by atoms with Crippen molar-refractivity contribution in [3.63, 3.8) is 0 Å². The summed E-state index contributed by atoms with van der Waals surface area (Å²) in [6, 6.07) is 14.7. The van der Waals surface area contributed by atoms with Crippen molar-refractivity contribution in [1.82, 2.24) is 5.43 Å². The molecular weight excluding hydrogens is 488 g/mol. The first-order valence-electron chi connectivity index (χ1n) is 10.7. The van der Waals surface area contributed by atoms with Gasteiger partial charge in [-0.1, -0.05) is 11.6 Å². The number of rotatable bonds is 10. The van der Waals surface area contributed by atoms with Crippen LogP contribution in [0.15, 0.2) is 59.7 Å². The number of ether oxygens (including phenoxy) is 5. The number of methoxy groups -OCH3 is 3. The Labute approximate surface area is 213 Å². The molecule has 0 fully saturated rings. The molecule has 3 rings (SSSR count). The summed E-state index contributed by atoms with van der Waals surface area (Å²) < 4.78 is 26.6. The smallest absolute Gasteiger partial charge is 0.343 e. The Morgan fingerprint density at radius 3 is 2.14 bits per heavy atom. The van der Waals surface area contributed by atoms with Crippen LogP contribution in [0.25, 0.3) is 0 Å². The molecule has 0 atom stereocenters. The van der Waals surface area contributed by atoms with Crippen molar-refractivity contribution < 1.29 is 33.3 Å². The molecule has 0 aliphatic rings. The van der Waals surface area contributed by atoms with Crippen LogP contribution >= 0.6 is 11.6 Å². The molecule has 3 aromatic carbocycles. The van der Waals surface area contributed by atoms with E-state index in [1.54, 1.807) is 42.5 Å². The van der Waals surface area contributed by atoms with Crippen LogP contribution in [-0.2, 0) is 4.79 Å². The lowest BCUT2D eigenvalue weighted by molar-refractivity contribution is -0.123. The molecule has 0 heterocycles. The predicted molar refractivity (Wildman–Crippen MR) is 135 cm³/mol. The second-order valence-corrected chi connectivity index (χ2v) is 7.77. The second-order valence-electron chi connectivity index (χ2n) is 7.37. The summed E-state index contributed by atoms with van der Waals surface area (Å²) in [4.78, 5) is 24.6. The summed E-state index contributed by atoms with van der Waals surface area (Å²) in [7, 11) is 4.40. The van der Waals surface area contributed by atoms with Crippen LogP contribution in [0, 0.1) is 6.92 Å². The van der Waals surface area contributed by atoms with Crippen LogP contribution in [0.1, 0.15) is 21.5 Å². The lowest BCUT2D eigenvalue weighted by atomic mass is 10.2. The molecule has 0 saturated heterocycles. The zero-order valence-corrected chi connectivity index (χ0v) is 20.9. The summed E-state index contributed by atoms with van der Waals surface area (Å²) in [5, 5.41) is 4.53. The van der Waals surface area contributed by atoms with Crippen LogP contribution in [0.4, 0.5) is 0 Å². The molecule has 0 aliphatic heterocycles. The molecule has 9 nitrogen and oxygen atoms in total. The lowest BCUT2D eigenvalue weighted by Gasteiger charge is -2.13. The van der Waals surface area contributed by atoms with E-state index in [1.165, 1.54) is 39.7 Å². The summed E-state index contributed by atoms with van der Waals surface area (Å²) in [6.45, 7) is 1.65. The number of nitrogens with zero attached hydrogens (tertiary/aromatic N) is 1. The predicted octanol–water partition coefficient (Wildman–Crippen LogP) is 4.42. The topological polar surface area (TPSA) is 105 Å². The summed E-state index contributed by atoms with van der Waals surface area (Å²) in [6.07, 6.45) is 1.45. The largest absolute Gasteiger partial charge is 0.493 e. The molecule has 0 radical (unpaired) electrons. The Morgan fingerprint density at radius 1 is 0.917 bits per heavy atom. The van der Waals surface area contributed by atoms with Crippen molar-refractivity contribution in [1.29, 1.82) is 0 Å². The third-order valence-electron chi connectivity index (χ3n) is 4.89. The number of hydrogen-bond acceptors (Lipinski definition) is 8. The summed E-state index contributed by atoms with van der Waals surface area (Å²) >= 11 is 5.97. The van der Waals surface area contributed by atoms with Crippen LogP contribution < -0.4 is 29.1 Å². The molecule has 1 N–H and O–H groups in total. The number of carbonyl (C=O) groups is 2. The van der Waals surface area contributed by atoms with Gasteiger partial charge in [0.1, 0.15) is 11.5 Å². The highest BCUT2D eigenvalue weighted by Gasteiger charge is 2.18. The summed E-state index contributed by atoms with van der Waals surface area (Å²) in [5.74, 6) is 0.888. The Kier molecular flexibility index (Phi) is 9.13. The van der Waals surface area contributed by atoms with Gasteiger partial charge < -0.3 is 23.7 Å². The van der Waals surface area contributed by atoms with Crippen molar-refractivity contribution in [3.05, 3.63) is 76.3 Å². The van der Waals surface area contributed by atoms with Gasteiger partial charge in [0, 0.05) is 5.02 Å². The average Bonchev–Trinajstić information content (AvgIpc) is 2.89. The number of nitrogens with one attached hydrogen (secondary N) is 1. The molecule has 0 aromatic heterocycles. The number of benzene rings is 3. The van der Waals surface area contributed by atoms with Gasteiger partial charge >= 0.3 is 5.97 Å². The van der Waals surface area contributed by atoms with E-state index in [0.717, 1.165) is 5.56 Å². The third-order valence-corrected chi connectivity index (χ3v) is 5.32. The number of aryl methyl sites for hydroxylation is 1. The minimum Gasteiger partial charge on any atom is -0.493 e. The van der Waals surface area contributed by atoms with E-state index >= 15 is 0 Å². The molecule has 3 aromatic rings. The molecule has 0 aliphatic carbocycles. The third kappa shape index (κ3) is 6.89. The van der Waals surface area contributed by atoms with Gasteiger partial charge in [-0.2, -0.15) is 5.10 Å². The maximum absolute atomic E-state index is 12.6. The fourth-order valence-corrected chi connectivity index (χ4v) is 3.17. The van der Waals surface area contributed by atoms with Crippen LogP contribution in [0.2, 0.25) is 5.02 Å². The highest BCUT2D eigenvalue weighted by Crippen LogP contribution is 2.38. The first kappa shape index (κ1) is 26.4. The molecular formula is C26H25ClN2O7. The molecule has 188 valence electrons. The number of amides is 1. The van der Waals surface area contributed by atoms with Crippen molar-refractivity contribution in [2.45, 2.75) is 6.92 Å². The lowest BCUT2D eigenvalue weighted by Crippen LogP contribution is -2.24. The molecule has 0 spiro atoms. The first-order valence-corrected chi connectivity index (χ1v) is 11.1. The average molecular weight is 513 g/mol. The Bertz CT molecular complexity index is 1230. The normalized spacial score (nSPS) is 10.6. The fraction of sp³-hybridized carbons (Fsp3) is 0.192. The van der Waals surface area contributed by atoms with E-state index in [0.29, 0.717) is 39.3 Å². The molecule has 0 bridgehead atoms. The maximum Gasteiger partial charge on any atom is 0.343 e. The number of esters is 1. The van der Waals surface area contributed by atoms with E-state index in [2.05, 4.69) is 10.5 Å². The van der Waals surface area contributed by atoms with Crippen LogP contribution in [0.5, 0.6) is 28.7 Å². The second kappa shape index (κ2) is 12.5. The zero-order valence-electron chi connectivity index (χ0n) is 20.2. The minimum atomic E-state index is -0.598. The maximum atomic E-state index is 12.6. The van der Waals surface area contributed by atoms with Crippen molar-refractivity contribution >= 4 is 29.7 Å². The fourth-order valence-electron chi connectivity index (χ4n) is 3.05.